The van der Waals surface area contributed by atoms with Crippen molar-refractivity contribution in [2.75, 3.05) is 33.3 Å². The maximum Gasteiger partial charge on any atom is 0.109 e. The second-order valence-electron chi connectivity index (χ2n) is 4.09. The van der Waals surface area contributed by atoms with Gasteiger partial charge in [-0.1, -0.05) is 0 Å². The van der Waals surface area contributed by atoms with Gasteiger partial charge in [-0.3, -0.25) is 4.90 Å². The van der Waals surface area contributed by atoms with Crippen LogP contribution < -0.4 is 5.32 Å². The lowest BCUT2D eigenvalue weighted by Crippen LogP contribution is -2.46. The number of rotatable bonds is 4. The molecular formula is C11H19N3OS. The Labute approximate surface area is 101 Å². The minimum Gasteiger partial charge on any atom is -0.374 e. The molecule has 0 radical (unpaired) electrons. The minimum absolute atomic E-state index is 0.307. The molecule has 1 aliphatic rings. The first-order valence-corrected chi connectivity index (χ1v) is 6.59. The van der Waals surface area contributed by atoms with Crippen LogP contribution in [-0.4, -0.2) is 49.3 Å². The fraction of sp³-hybridized carbons (Fsp3) is 0.727. The van der Waals surface area contributed by atoms with Crippen LogP contribution in [0.25, 0.3) is 0 Å². The van der Waals surface area contributed by atoms with E-state index < -0.39 is 0 Å². The maximum atomic E-state index is 5.69. The number of aromatic nitrogens is 1. The lowest BCUT2D eigenvalue weighted by atomic mass is 10.2. The van der Waals surface area contributed by atoms with Crippen molar-refractivity contribution in [2.45, 2.75) is 19.1 Å². The van der Waals surface area contributed by atoms with Crippen molar-refractivity contribution in [3.63, 3.8) is 0 Å². The molecule has 90 valence electrons. The Morgan fingerprint density at radius 2 is 2.62 bits per heavy atom. The highest BCUT2D eigenvalue weighted by molar-refractivity contribution is 7.09. The molecule has 0 aliphatic carbocycles. The first kappa shape index (κ1) is 12.0. The van der Waals surface area contributed by atoms with Crippen molar-refractivity contribution >= 4 is 11.3 Å². The first-order chi connectivity index (χ1) is 7.81. The zero-order valence-corrected chi connectivity index (χ0v) is 10.7. The second-order valence-corrected chi connectivity index (χ2v) is 5.02. The Balaban J connectivity index is 1.93. The van der Waals surface area contributed by atoms with E-state index in [9.17, 15) is 0 Å². The number of morpholine rings is 1. The van der Waals surface area contributed by atoms with Gasteiger partial charge in [0.15, 0.2) is 0 Å². The summed E-state index contributed by atoms with van der Waals surface area (Å²) in [5.41, 5.74) is 0. The maximum absolute atomic E-state index is 5.69. The third-order valence-electron chi connectivity index (χ3n) is 2.96. The number of hydrogen-bond acceptors (Lipinski definition) is 5. The van der Waals surface area contributed by atoms with E-state index in [1.54, 1.807) is 11.3 Å². The topological polar surface area (TPSA) is 37.4 Å². The van der Waals surface area contributed by atoms with Gasteiger partial charge < -0.3 is 10.1 Å². The van der Waals surface area contributed by atoms with Crippen molar-refractivity contribution in [3.05, 3.63) is 16.6 Å². The molecule has 4 nitrogen and oxygen atoms in total. The Morgan fingerprint density at radius 3 is 3.31 bits per heavy atom. The molecule has 1 aromatic heterocycles. The predicted molar refractivity (Wildman–Crippen MR) is 65.8 cm³/mol. The molecule has 0 saturated carbocycles. The fourth-order valence-corrected chi connectivity index (χ4v) is 2.77. The van der Waals surface area contributed by atoms with E-state index in [-0.39, 0.29) is 0 Å². The van der Waals surface area contributed by atoms with Crippen molar-refractivity contribution in [3.8, 4) is 0 Å². The molecule has 2 heterocycles. The Kier molecular flexibility index (Phi) is 4.29. The molecule has 0 amide bonds. The lowest BCUT2D eigenvalue weighted by molar-refractivity contribution is -0.0393. The van der Waals surface area contributed by atoms with Gasteiger partial charge in [-0.15, -0.1) is 11.3 Å². The van der Waals surface area contributed by atoms with Gasteiger partial charge in [-0.25, -0.2) is 4.98 Å². The van der Waals surface area contributed by atoms with Gasteiger partial charge in [0.25, 0.3) is 0 Å². The van der Waals surface area contributed by atoms with Gasteiger partial charge in [-0.05, 0) is 14.0 Å². The third-order valence-corrected chi connectivity index (χ3v) is 3.90. The summed E-state index contributed by atoms with van der Waals surface area (Å²) in [5.74, 6) is 0. The average Bonchev–Trinajstić information content (AvgIpc) is 2.82. The average molecular weight is 241 g/mol. The summed E-state index contributed by atoms with van der Waals surface area (Å²) in [7, 11) is 1.96. The number of likely N-dealkylation sites (N-methyl/N-ethyl adjacent to an activating group) is 1. The van der Waals surface area contributed by atoms with Crippen LogP contribution in [0.2, 0.25) is 0 Å². The SMILES string of the molecule is CNCC1CN(C(C)c2nccs2)CCO1. The van der Waals surface area contributed by atoms with E-state index in [2.05, 4.69) is 22.1 Å². The van der Waals surface area contributed by atoms with Gasteiger partial charge in [0.1, 0.15) is 5.01 Å². The summed E-state index contributed by atoms with van der Waals surface area (Å²) < 4.78 is 5.69. The molecule has 2 unspecified atom stereocenters. The van der Waals surface area contributed by atoms with Gasteiger partial charge in [-0.2, -0.15) is 0 Å². The zero-order valence-electron chi connectivity index (χ0n) is 9.85. The van der Waals surface area contributed by atoms with E-state index >= 15 is 0 Å². The lowest BCUT2D eigenvalue weighted by Gasteiger charge is -2.36. The summed E-state index contributed by atoms with van der Waals surface area (Å²) in [4.78, 5) is 6.83. The number of hydrogen-bond donors (Lipinski definition) is 1. The highest BCUT2D eigenvalue weighted by Gasteiger charge is 2.25. The fourth-order valence-electron chi connectivity index (χ4n) is 2.04. The Bertz CT molecular complexity index is 302. The van der Waals surface area contributed by atoms with Gasteiger partial charge >= 0.3 is 0 Å². The highest BCUT2D eigenvalue weighted by atomic mass is 32.1. The molecule has 16 heavy (non-hydrogen) atoms. The number of nitrogens with zero attached hydrogens (tertiary/aromatic N) is 2. The molecule has 1 saturated heterocycles. The summed E-state index contributed by atoms with van der Waals surface area (Å²) in [5, 5.41) is 6.41. The molecule has 2 rings (SSSR count). The van der Waals surface area contributed by atoms with E-state index in [1.165, 1.54) is 5.01 Å². The Hall–Kier alpha value is -0.490. The van der Waals surface area contributed by atoms with Gasteiger partial charge in [0.05, 0.1) is 18.8 Å². The highest BCUT2D eigenvalue weighted by Crippen LogP contribution is 2.23. The summed E-state index contributed by atoms with van der Waals surface area (Å²) in [6.45, 7) is 5.95. The van der Waals surface area contributed by atoms with Crippen LogP contribution in [0.15, 0.2) is 11.6 Å². The number of nitrogens with one attached hydrogen (secondary N) is 1. The molecule has 1 fully saturated rings. The molecule has 1 aliphatic heterocycles. The zero-order chi connectivity index (χ0) is 11.4. The molecule has 0 bridgehead atoms. The van der Waals surface area contributed by atoms with E-state index in [0.717, 1.165) is 26.2 Å². The predicted octanol–water partition coefficient (Wildman–Crippen LogP) is 1.12. The van der Waals surface area contributed by atoms with Crippen LogP contribution in [0.3, 0.4) is 0 Å². The molecule has 2 atom stereocenters. The van der Waals surface area contributed by atoms with E-state index in [0.29, 0.717) is 12.1 Å². The summed E-state index contributed by atoms with van der Waals surface area (Å²) in [6.07, 6.45) is 2.18. The smallest absolute Gasteiger partial charge is 0.109 e. The first-order valence-electron chi connectivity index (χ1n) is 5.71. The molecular weight excluding hydrogens is 222 g/mol. The van der Waals surface area contributed by atoms with Crippen molar-refractivity contribution in [2.24, 2.45) is 0 Å². The molecule has 0 spiro atoms. The second kappa shape index (κ2) is 5.72. The van der Waals surface area contributed by atoms with Crippen molar-refractivity contribution in [1.82, 2.24) is 15.2 Å². The van der Waals surface area contributed by atoms with Crippen LogP contribution in [0, 0.1) is 0 Å². The molecule has 5 heteroatoms. The van der Waals surface area contributed by atoms with Crippen LogP contribution in [0.1, 0.15) is 18.0 Å². The van der Waals surface area contributed by atoms with E-state index in [4.69, 9.17) is 4.74 Å². The monoisotopic (exact) mass is 241 g/mol. The van der Waals surface area contributed by atoms with Gasteiger partial charge in [0.2, 0.25) is 0 Å². The molecule has 1 aromatic rings. The largest absolute Gasteiger partial charge is 0.374 e. The van der Waals surface area contributed by atoms with Crippen LogP contribution in [0.4, 0.5) is 0 Å². The van der Waals surface area contributed by atoms with Crippen LogP contribution >= 0.6 is 11.3 Å². The van der Waals surface area contributed by atoms with Crippen LogP contribution in [-0.2, 0) is 4.74 Å². The van der Waals surface area contributed by atoms with Crippen molar-refractivity contribution < 1.29 is 4.74 Å². The molecule has 1 N–H and O–H groups in total. The Morgan fingerprint density at radius 1 is 1.75 bits per heavy atom. The summed E-state index contributed by atoms with van der Waals surface area (Å²) >= 11 is 1.73. The third kappa shape index (κ3) is 2.79. The quantitative estimate of drug-likeness (QED) is 0.857. The minimum atomic E-state index is 0.307. The molecule has 0 aromatic carbocycles. The normalized spacial score (nSPS) is 24.5. The number of thiazole rings is 1. The van der Waals surface area contributed by atoms with E-state index in [1.807, 2.05) is 18.6 Å². The summed E-state index contributed by atoms with van der Waals surface area (Å²) in [6, 6.07) is 0.406. The standard InChI is InChI=1S/C11H19N3OS/c1-9(11-13-3-6-16-11)14-4-5-15-10(8-14)7-12-2/h3,6,9-10,12H,4-5,7-8H2,1-2H3. The van der Waals surface area contributed by atoms with Gasteiger partial charge in [0, 0.05) is 31.2 Å². The number of ether oxygens (including phenoxy) is 1. The van der Waals surface area contributed by atoms with Crippen molar-refractivity contribution in [1.29, 1.82) is 0 Å². The van der Waals surface area contributed by atoms with Crippen LogP contribution in [0.5, 0.6) is 0 Å².